The van der Waals surface area contributed by atoms with E-state index in [9.17, 15) is 0 Å². The van der Waals surface area contributed by atoms with Gasteiger partial charge >= 0.3 is 0 Å². The summed E-state index contributed by atoms with van der Waals surface area (Å²) in [4.78, 5) is 8.86. The average molecular weight is 208 g/mol. The highest BCUT2D eigenvalue weighted by Crippen LogP contribution is 2.34. The summed E-state index contributed by atoms with van der Waals surface area (Å²) in [6, 6.07) is 6.19. The summed E-state index contributed by atoms with van der Waals surface area (Å²) >= 11 is 0. The lowest BCUT2D eigenvalue weighted by atomic mass is 10.0. The van der Waals surface area contributed by atoms with Gasteiger partial charge in [0.05, 0.1) is 11.4 Å². The first-order valence-electron chi connectivity index (χ1n) is 5.42. The van der Waals surface area contributed by atoms with Crippen LogP contribution in [0.25, 0.3) is 11.4 Å². The van der Waals surface area contributed by atoms with Gasteiger partial charge in [-0.25, -0.2) is 0 Å². The predicted octanol–water partition coefficient (Wildman–Crippen LogP) is 2.78. The normalized spacial score (nSPS) is 12.0. The summed E-state index contributed by atoms with van der Waals surface area (Å²) in [5, 5.41) is 0. The smallest absolute Gasteiger partial charge is 0.0927 e. The Bertz CT molecular complexity index is 558. The van der Waals surface area contributed by atoms with Crippen molar-refractivity contribution >= 4 is 0 Å². The quantitative estimate of drug-likeness (QED) is 0.605. The maximum absolute atomic E-state index is 4.45. The van der Waals surface area contributed by atoms with Gasteiger partial charge in [-0.15, -0.1) is 6.58 Å². The van der Waals surface area contributed by atoms with E-state index in [0.717, 1.165) is 24.2 Å². The lowest BCUT2D eigenvalue weighted by molar-refractivity contribution is 1.13. The lowest BCUT2D eigenvalue weighted by Gasteiger charge is -2.04. The summed E-state index contributed by atoms with van der Waals surface area (Å²) in [6.45, 7) is 3.79. The zero-order chi connectivity index (χ0) is 11.0. The fourth-order valence-electron chi connectivity index (χ4n) is 2.27. The van der Waals surface area contributed by atoms with Crippen LogP contribution in [-0.4, -0.2) is 9.97 Å². The highest BCUT2D eigenvalue weighted by molar-refractivity contribution is 5.71. The van der Waals surface area contributed by atoms with Crippen LogP contribution in [0.2, 0.25) is 0 Å². The number of allylic oxidation sites excluding steroid dienone is 1. The van der Waals surface area contributed by atoms with Gasteiger partial charge < -0.3 is 0 Å². The monoisotopic (exact) mass is 208 g/mol. The van der Waals surface area contributed by atoms with Crippen molar-refractivity contribution in [3.63, 3.8) is 0 Å². The van der Waals surface area contributed by atoms with Crippen molar-refractivity contribution in [2.45, 2.75) is 12.8 Å². The van der Waals surface area contributed by atoms with Gasteiger partial charge in [0.1, 0.15) is 0 Å². The number of hydrogen-bond acceptors (Lipinski definition) is 2. The molecule has 2 heterocycles. The minimum Gasteiger partial charge on any atom is -0.254 e. The van der Waals surface area contributed by atoms with Gasteiger partial charge in [0.2, 0.25) is 0 Å². The van der Waals surface area contributed by atoms with E-state index < -0.39 is 0 Å². The van der Waals surface area contributed by atoms with Gasteiger partial charge in [0, 0.05) is 18.8 Å². The molecule has 78 valence electrons. The Balaban J connectivity index is 2.19. The molecule has 0 saturated heterocycles. The van der Waals surface area contributed by atoms with Crippen LogP contribution in [0.1, 0.15) is 16.7 Å². The fraction of sp³-hybridized carbons (Fsp3) is 0.143. The van der Waals surface area contributed by atoms with Gasteiger partial charge in [0.25, 0.3) is 0 Å². The molecule has 2 nitrogen and oxygen atoms in total. The molecule has 16 heavy (non-hydrogen) atoms. The molecule has 3 rings (SSSR count). The van der Waals surface area contributed by atoms with Crippen molar-refractivity contribution in [2.75, 3.05) is 0 Å². The van der Waals surface area contributed by atoms with E-state index in [0.29, 0.717) is 0 Å². The Kier molecular flexibility index (Phi) is 2.07. The van der Waals surface area contributed by atoms with Crippen molar-refractivity contribution < 1.29 is 0 Å². The largest absolute Gasteiger partial charge is 0.254 e. The molecule has 1 aliphatic rings. The molecule has 1 aliphatic carbocycles. The molecule has 0 saturated carbocycles. The molecule has 0 fully saturated rings. The molecular formula is C14H12N2. The van der Waals surface area contributed by atoms with Crippen LogP contribution in [0.5, 0.6) is 0 Å². The summed E-state index contributed by atoms with van der Waals surface area (Å²) in [7, 11) is 0. The average Bonchev–Trinajstić information content (AvgIpc) is 2.69. The first-order chi connectivity index (χ1) is 7.90. The molecule has 0 amide bonds. The summed E-state index contributed by atoms with van der Waals surface area (Å²) in [6.07, 6.45) is 7.48. The molecule has 2 aromatic rings. The van der Waals surface area contributed by atoms with Crippen LogP contribution in [0.15, 0.2) is 43.2 Å². The van der Waals surface area contributed by atoms with Gasteiger partial charge in [-0.05, 0) is 35.2 Å². The van der Waals surface area contributed by atoms with Gasteiger partial charge in [-0.3, -0.25) is 9.97 Å². The summed E-state index contributed by atoms with van der Waals surface area (Å²) < 4.78 is 0. The number of fused-ring (bicyclic) bond motifs is 3. The van der Waals surface area contributed by atoms with E-state index in [1.165, 1.54) is 16.7 Å². The van der Waals surface area contributed by atoms with E-state index in [4.69, 9.17) is 0 Å². The lowest BCUT2D eigenvalue weighted by Crippen LogP contribution is -1.93. The van der Waals surface area contributed by atoms with Crippen molar-refractivity contribution in [2.24, 2.45) is 0 Å². The maximum atomic E-state index is 4.45. The first-order valence-corrected chi connectivity index (χ1v) is 5.42. The van der Waals surface area contributed by atoms with Gasteiger partial charge in [-0.2, -0.15) is 0 Å². The SMILES string of the molecule is C=CCc1ccnc2c1Cc1cccnc1-2. The molecule has 0 radical (unpaired) electrons. The Hall–Kier alpha value is -1.96. The predicted molar refractivity (Wildman–Crippen MR) is 64.2 cm³/mol. The number of hydrogen-bond donors (Lipinski definition) is 0. The molecule has 0 bridgehead atoms. The maximum Gasteiger partial charge on any atom is 0.0927 e. The summed E-state index contributed by atoms with van der Waals surface area (Å²) in [5.74, 6) is 0. The van der Waals surface area contributed by atoms with Crippen molar-refractivity contribution in [3.8, 4) is 11.4 Å². The van der Waals surface area contributed by atoms with E-state index in [1.807, 2.05) is 24.5 Å². The zero-order valence-corrected chi connectivity index (χ0v) is 8.98. The van der Waals surface area contributed by atoms with Crippen LogP contribution in [-0.2, 0) is 12.8 Å². The number of aromatic nitrogens is 2. The van der Waals surface area contributed by atoms with Crippen LogP contribution in [0, 0.1) is 0 Å². The Labute approximate surface area is 94.7 Å². The van der Waals surface area contributed by atoms with E-state index in [-0.39, 0.29) is 0 Å². The van der Waals surface area contributed by atoms with Crippen LogP contribution >= 0.6 is 0 Å². The highest BCUT2D eigenvalue weighted by Gasteiger charge is 2.22. The molecule has 0 aliphatic heterocycles. The molecule has 0 atom stereocenters. The number of nitrogens with zero attached hydrogens (tertiary/aromatic N) is 2. The van der Waals surface area contributed by atoms with Crippen LogP contribution in [0.4, 0.5) is 0 Å². The van der Waals surface area contributed by atoms with Crippen LogP contribution < -0.4 is 0 Å². The van der Waals surface area contributed by atoms with E-state index in [1.54, 1.807) is 0 Å². The highest BCUT2D eigenvalue weighted by atomic mass is 14.8. The first kappa shape index (κ1) is 9.28. The number of rotatable bonds is 2. The van der Waals surface area contributed by atoms with Crippen molar-refractivity contribution in [1.82, 2.24) is 9.97 Å². The second-order valence-corrected chi connectivity index (χ2v) is 3.98. The molecule has 2 aromatic heterocycles. The van der Waals surface area contributed by atoms with Gasteiger partial charge in [0.15, 0.2) is 0 Å². The second kappa shape index (κ2) is 3.56. The topological polar surface area (TPSA) is 25.8 Å². The molecule has 0 N–H and O–H groups in total. The molecular weight excluding hydrogens is 196 g/mol. The third-order valence-corrected chi connectivity index (χ3v) is 3.00. The third kappa shape index (κ3) is 1.27. The van der Waals surface area contributed by atoms with E-state index in [2.05, 4.69) is 28.7 Å². The molecule has 0 aromatic carbocycles. The van der Waals surface area contributed by atoms with Gasteiger partial charge in [-0.1, -0.05) is 12.1 Å². The summed E-state index contributed by atoms with van der Waals surface area (Å²) in [5.41, 5.74) is 6.01. The Morgan fingerprint density at radius 3 is 2.94 bits per heavy atom. The zero-order valence-electron chi connectivity index (χ0n) is 8.98. The second-order valence-electron chi connectivity index (χ2n) is 3.98. The Morgan fingerprint density at radius 1 is 1.19 bits per heavy atom. The Morgan fingerprint density at radius 2 is 2.06 bits per heavy atom. The molecule has 0 spiro atoms. The van der Waals surface area contributed by atoms with Crippen molar-refractivity contribution in [3.05, 3.63) is 59.9 Å². The molecule has 0 unspecified atom stereocenters. The van der Waals surface area contributed by atoms with Crippen molar-refractivity contribution in [1.29, 1.82) is 0 Å². The number of pyridine rings is 2. The molecule has 2 heteroatoms. The minimum absolute atomic E-state index is 0.902. The fourth-order valence-corrected chi connectivity index (χ4v) is 2.27. The van der Waals surface area contributed by atoms with Crippen LogP contribution in [0.3, 0.4) is 0 Å². The third-order valence-electron chi connectivity index (χ3n) is 3.00. The minimum atomic E-state index is 0.902. The standard InChI is InChI=1S/C14H12N2/c1-2-4-10-6-8-16-14-12(10)9-11-5-3-7-15-13(11)14/h2-3,5-8H,1,4,9H2. The van der Waals surface area contributed by atoms with E-state index >= 15 is 0 Å².